The van der Waals surface area contributed by atoms with Crippen LogP contribution in [0.25, 0.3) is 0 Å². The average Bonchev–Trinajstić information content (AvgIpc) is 2.26. The predicted molar refractivity (Wildman–Crippen MR) is 60.9 cm³/mol. The van der Waals surface area contributed by atoms with E-state index in [2.05, 4.69) is 0 Å². The van der Waals surface area contributed by atoms with Gasteiger partial charge in [-0.1, -0.05) is 6.07 Å². The highest BCUT2D eigenvalue weighted by molar-refractivity contribution is 5.85. The van der Waals surface area contributed by atoms with Crippen LogP contribution in [0.3, 0.4) is 0 Å². The van der Waals surface area contributed by atoms with Crippen molar-refractivity contribution >= 4 is 12.4 Å². The molecule has 1 aromatic rings. The van der Waals surface area contributed by atoms with Crippen LogP contribution in [-0.4, -0.2) is 0 Å². The first-order valence-electron chi connectivity index (χ1n) is 4.98. The second-order valence-corrected chi connectivity index (χ2v) is 3.77. The molecule has 0 bridgehead atoms. The highest BCUT2D eigenvalue weighted by Gasteiger charge is 2.38. The molecule has 0 spiro atoms. The zero-order valence-corrected chi connectivity index (χ0v) is 10.5. The summed E-state index contributed by atoms with van der Waals surface area (Å²) in [5, 5.41) is 8.38. The molecule has 2 N–H and O–H groups in total. The van der Waals surface area contributed by atoms with Crippen LogP contribution in [0.2, 0.25) is 0 Å². The van der Waals surface area contributed by atoms with Crippen molar-refractivity contribution in [1.29, 1.82) is 5.26 Å². The molecule has 9 heteroatoms. The lowest BCUT2D eigenvalue weighted by atomic mass is 9.96. The molecule has 0 heterocycles. The van der Waals surface area contributed by atoms with Crippen LogP contribution in [0.1, 0.15) is 29.2 Å². The highest BCUT2D eigenvalue weighted by atomic mass is 35.5. The summed E-state index contributed by atoms with van der Waals surface area (Å²) in [5.41, 5.74) is 1.96. The van der Waals surface area contributed by atoms with Gasteiger partial charge in [-0.3, -0.25) is 0 Å². The topological polar surface area (TPSA) is 49.8 Å². The lowest BCUT2D eigenvalue weighted by molar-refractivity contribution is -0.143. The Balaban J connectivity index is 0.00000361. The largest absolute Gasteiger partial charge is 0.416 e. The van der Waals surface area contributed by atoms with E-state index < -0.39 is 41.5 Å². The summed E-state index contributed by atoms with van der Waals surface area (Å²) in [7, 11) is 0. The zero-order chi connectivity index (χ0) is 14.8. The van der Waals surface area contributed by atoms with Crippen LogP contribution in [0.15, 0.2) is 18.2 Å². The smallest absolute Gasteiger partial charge is 0.323 e. The van der Waals surface area contributed by atoms with Crippen molar-refractivity contribution in [2.24, 2.45) is 5.73 Å². The molecule has 0 fully saturated rings. The minimum absolute atomic E-state index is 0. The first-order chi connectivity index (χ1) is 8.57. The number of nitrogens with two attached hydrogens (primary N) is 1. The molecule has 1 atom stereocenters. The summed E-state index contributed by atoms with van der Waals surface area (Å²) in [6, 6.07) is 1.47. The van der Waals surface area contributed by atoms with Gasteiger partial charge in [0.25, 0.3) is 0 Å². The van der Waals surface area contributed by atoms with Crippen molar-refractivity contribution in [3.63, 3.8) is 0 Å². The van der Waals surface area contributed by atoms with Crippen molar-refractivity contribution in [3.8, 4) is 6.07 Å². The van der Waals surface area contributed by atoms with Gasteiger partial charge in [0.2, 0.25) is 0 Å². The lowest BCUT2D eigenvalue weighted by Gasteiger charge is -2.18. The molecule has 112 valence electrons. The van der Waals surface area contributed by atoms with Crippen LogP contribution in [0, 0.1) is 11.3 Å². The molecule has 0 radical (unpaired) electrons. The van der Waals surface area contributed by atoms with Gasteiger partial charge in [-0.25, -0.2) is 0 Å². The Labute approximate surface area is 116 Å². The third kappa shape index (κ3) is 4.28. The Morgan fingerprint density at radius 3 is 2.05 bits per heavy atom. The maximum atomic E-state index is 12.7. The first kappa shape index (κ1) is 18.5. The van der Waals surface area contributed by atoms with Gasteiger partial charge in [0, 0.05) is 6.04 Å². The van der Waals surface area contributed by atoms with Crippen LogP contribution in [-0.2, 0) is 12.4 Å². The minimum Gasteiger partial charge on any atom is -0.323 e. The average molecular weight is 319 g/mol. The Bertz CT molecular complexity index is 503. The molecule has 0 saturated carbocycles. The van der Waals surface area contributed by atoms with Gasteiger partial charge in [-0.15, -0.1) is 12.4 Å². The SMILES string of the molecule is Cl.N#CC[C@H](N)c1ccc(C(F)(F)F)cc1C(F)(F)F. The normalized spacial score (nSPS) is 13.3. The number of benzene rings is 1. The Hall–Kier alpha value is -1.46. The number of alkyl halides is 6. The second-order valence-electron chi connectivity index (χ2n) is 3.77. The Morgan fingerprint density at radius 2 is 1.65 bits per heavy atom. The van der Waals surface area contributed by atoms with Gasteiger partial charge < -0.3 is 5.73 Å². The molecule has 20 heavy (non-hydrogen) atoms. The Kier molecular flexibility index (Phi) is 5.86. The van der Waals surface area contributed by atoms with E-state index in [-0.39, 0.29) is 18.5 Å². The molecule has 0 aliphatic rings. The summed E-state index contributed by atoms with van der Waals surface area (Å²) in [6.07, 6.45) is -10.3. The molecule has 0 saturated heterocycles. The van der Waals surface area contributed by atoms with Crippen molar-refractivity contribution in [3.05, 3.63) is 34.9 Å². The fourth-order valence-electron chi connectivity index (χ4n) is 1.51. The molecule has 2 nitrogen and oxygen atoms in total. The first-order valence-corrected chi connectivity index (χ1v) is 4.98. The van der Waals surface area contributed by atoms with Crippen molar-refractivity contribution in [2.75, 3.05) is 0 Å². The zero-order valence-electron chi connectivity index (χ0n) is 9.72. The van der Waals surface area contributed by atoms with Crippen molar-refractivity contribution in [2.45, 2.75) is 24.8 Å². The van der Waals surface area contributed by atoms with E-state index in [0.29, 0.717) is 12.1 Å². The lowest BCUT2D eigenvalue weighted by Crippen LogP contribution is -2.19. The Morgan fingerprint density at radius 1 is 1.10 bits per heavy atom. The van der Waals surface area contributed by atoms with E-state index in [1.165, 1.54) is 0 Å². The summed E-state index contributed by atoms with van der Waals surface area (Å²) in [5.74, 6) is 0. The fourth-order valence-corrected chi connectivity index (χ4v) is 1.51. The van der Waals surface area contributed by atoms with Gasteiger partial charge in [-0.05, 0) is 17.7 Å². The fraction of sp³-hybridized carbons (Fsp3) is 0.364. The molecular formula is C11H9ClF6N2. The maximum Gasteiger partial charge on any atom is 0.416 e. The molecule has 0 aliphatic heterocycles. The quantitative estimate of drug-likeness (QED) is 0.836. The number of nitriles is 1. The van der Waals surface area contributed by atoms with E-state index in [9.17, 15) is 26.3 Å². The predicted octanol–water partition coefficient (Wildman–Crippen LogP) is 4.06. The number of rotatable bonds is 2. The van der Waals surface area contributed by atoms with Crippen molar-refractivity contribution < 1.29 is 26.3 Å². The van der Waals surface area contributed by atoms with Crippen LogP contribution < -0.4 is 5.73 Å². The molecule has 1 rings (SSSR count). The molecule has 0 aliphatic carbocycles. The molecular weight excluding hydrogens is 310 g/mol. The molecule has 0 aromatic heterocycles. The number of halogens is 7. The maximum absolute atomic E-state index is 12.7. The van der Waals surface area contributed by atoms with E-state index in [0.717, 1.165) is 0 Å². The third-order valence-corrected chi connectivity index (χ3v) is 2.40. The summed E-state index contributed by atoms with van der Waals surface area (Å²) in [6.45, 7) is 0. The number of hydrogen-bond donors (Lipinski definition) is 1. The molecule has 0 unspecified atom stereocenters. The van der Waals surface area contributed by atoms with Gasteiger partial charge in [-0.2, -0.15) is 31.6 Å². The number of hydrogen-bond acceptors (Lipinski definition) is 2. The van der Waals surface area contributed by atoms with Crippen LogP contribution in [0.5, 0.6) is 0 Å². The number of nitrogens with zero attached hydrogens (tertiary/aromatic N) is 1. The summed E-state index contributed by atoms with van der Waals surface area (Å²) < 4.78 is 75.3. The monoisotopic (exact) mass is 318 g/mol. The van der Waals surface area contributed by atoms with E-state index >= 15 is 0 Å². The van der Waals surface area contributed by atoms with Gasteiger partial charge in [0.05, 0.1) is 23.6 Å². The van der Waals surface area contributed by atoms with E-state index in [1.807, 2.05) is 0 Å². The van der Waals surface area contributed by atoms with E-state index in [4.69, 9.17) is 11.0 Å². The summed E-state index contributed by atoms with van der Waals surface area (Å²) >= 11 is 0. The molecule has 1 aromatic carbocycles. The standard InChI is InChI=1S/C11H8F6N2.ClH/c12-10(13,14)6-1-2-7(9(19)3-4-18)8(5-6)11(15,16)17;/h1-2,5,9H,3,19H2;1H/t9-;/m0./s1. The van der Waals surface area contributed by atoms with Crippen LogP contribution >= 0.6 is 12.4 Å². The van der Waals surface area contributed by atoms with E-state index in [1.54, 1.807) is 6.07 Å². The summed E-state index contributed by atoms with van der Waals surface area (Å²) in [4.78, 5) is 0. The van der Waals surface area contributed by atoms with Crippen molar-refractivity contribution in [1.82, 2.24) is 0 Å². The second kappa shape index (κ2) is 6.33. The minimum atomic E-state index is -4.97. The van der Waals surface area contributed by atoms with Crippen LogP contribution in [0.4, 0.5) is 26.3 Å². The highest BCUT2D eigenvalue weighted by Crippen LogP contribution is 2.39. The van der Waals surface area contributed by atoms with Gasteiger partial charge >= 0.3 is 12.4 Å². The third-order valence-electron chi connectivity index (χ3n) is 2.40. The van der Waals surface area contributed by atoms with Gasteiger partial charge in [0.15, 0.2) is 0 Å². The molecule has 0 amide bonds. The van der Waals surface area contributed by atoms with Gasteiger partial charge in [0.1, 0.15) is 0 Å².